The number of benzene rings is 1. The van der Waals surface area contributed by atoms with Crippen LogP contribution in [0.15, 0.2) is 30.3 Å². The normalized spacial score (nSPS) is 24.5. The first kappa shape index (κ1) is 15.3. The molecule has 2 aliphatic heterocycles. The second-order valence-corrected chi connectivity index (χ2v) is 8.41. The van der Waals surface area contributed by atoms with Crippen LogP contribution in [0.25, 0.3) is 0 Å². The number of sulfone groups is 1. The van der Waals surface area contributed by atoms with E-state index in [0.717, 1.165) is 13.1 Å². The third kappa shape index (κ3) is 3.61. The Hall–Kier alpha value is -1.56. The summed E-state index contributed by atoms with van der Waals surface area (Å²) >= 11 is 0. The van der Waals surface area contributed by atoms with Gasteiger partial charge in [0.2, 0.25) is 5.91 Å². The lowest BCUT2D eigenvalue weighted by molar-refractivity contribution is -0.132. The summed E-state index contributed by atoms with van der Waals surface area (Å²) in [6, 6.07) is 10.2. The molecule has 0 unspecified atom stereocenters. The summed E-state index contributed by atoms with van der Waals surface area (Å²) in [7, 11) is -2.90. The number of nitrogens with zero attached hydrogens (tertiary/aromatic N) is 2. The molecule has 1 atom stereocenters. The Morgan fingerprint density at radius 1 is 1.09 bits per heavy atom. The van der Waals surface area contributed by atoms with E-state index in [1.54, 1.807) is 0 Å². The first-order valence-electron chi connectivity index (χ1n) is 7.82. The molecule has 0 bridgehead atoms. The van der Waals surface area contributed by atoms with E-state index >= 15 is 0 Å². The molecule has 6 heteroatoms. The van der Waals surface area contributed by atoms with E-state index in [1.165, 1.54) is 5.69 Å². The summed E-state index contributed by atoms with van der Waals surface area (Å²) in [5, 5.41) is 0. The lowest BCUT2D eigenvalue weighted by Gasteiger charge is -2.36. The maximum Gasteiger partial charge on any atom is 0.223 e. The van der Waals surface area contributed by atoms with Crippen LogP contribution in [-0.4, -0.2) is 56.9 Å². The highest BCUT2D eigenvalue weighted by Gasteiger charge is 2.31. The number of amides is 1. The molecule has 1 amide bonds. The molecule has 2 fully saturated rings. The van der Waals surface area contributed by atoms with Crippen LogP contribution in [0.1, 0.15) is 12.8 Å². The number of hydrogen-bond donors (Lipinski definition) is 0. The number of anilines is 1. The summed E-state index contributed by atoms with van der Waals surface area (Å²) in [5.74, 6) is 0.551. The van der Waals surface area contributed by atoms with Crippen molar-refractivity contribution in [3.05, 3.63) is 30.3 Å². The van der Waals surface area contributed by atoms with E-state index in [9.17, 15) is 13.2 Å². The fourth-order valence-corrected chi connectivity index (χ4v) is 5.12. The van der Waals surface area contributed by atoms with Gasteiger partial charge in [-0.3, -0.25) is 4.79 Å². The monoisotopic (exact) mass is 322 g/mol. The minimum absolute atomic E-state index is 0.0182. The van der Waals surface area contributed by atoms with Gasteiger partial charge in [-0.05, 0) is 24.5 Å². The van der Waals surface area contributed by atoms with E-state index in [1.807, 2.05) is 23.1 Å². The molecule has 2 aliphatic rings. The minimum atomic E-state index is -2.90. The van der Waals surface area contributed by atoms with Crippen LogP contribution in [0.3, 0.4) is 0 Å². The van der Waals surface area contributed by atoms with Crippen molar-refractivity contribution in [1.82, 2.24) is 4.90 Å². The SMILES string of the molecule is O=C(C[C@H]1CCS(=O)(=O)C1)N1CCN(c2ccccc2)CC1. The first-order chi connectivity index (χ1) is 10.5. The second-order valence-electron chi connectivity index (χ2n) is 6.18. The van der Waals surface area contributed by atoms with Gasteiger partial charge in [0.1, 0.15) is 0 Å². The Labute approximate surface area is 131 Å². The van der Waals surface area contributed by atoms with E-state index in [0.29, 0.717) is 25.9 Å². The molecular weight excluding hydrogens is 300 g/mol. The van der Waals surface area contributed by atoms with Crippen molar-refractivity contribution in [2.75, 3.05) is 42.6 Å². The molecule has 0 radical (unpaired) electrons. The van der Waals surface area contributed by atoms with Crippen LogP contribution in [0.2, 0.25) is 0 Å². The molecule has 0 aromatic heterocycles. The van der Waals surface area contributed by atoms with Gasteiger partial charge in [-0.1, -0.05) is 18.2 Å². The highest BCUT2D eigenvalue weighted by Crippen LogP contribution is 2.23. The molecule has 5 nitrogen and oxygen atoms in total. The fourth-order valence-electron chi connectivity index (χ4n) is 3.26. The Morgan fingerprint density at radius 2 is 1.77 bits per heavy atom. The van der Waals surface area contributed by atoms with Gasteiger partial charge in [-0.25, -0.2) is 8.42 Å². The average Bonchev–Trinajstić information content (AvgIpc) is 2.87. The predicted octanol–water partition coefficient (Wildman–Crippen LogP) is 1.16. The van der Waals surface area contributed by atoms with Crippen molar-refractivity contribution >= 4 is 21.4 Å². The Bertz CT molecular complexity index is 622. The van der Waals surface area contributed by atoms with E-state index in [4.69, 9.17) is 0 Å². The van der Waals surface area contributed by atoms with Gasteiger partial charge in [-0.15, -0.1) is 0 Å². The van der Waals surface area contributed by atoms with Crippen molar-refractivity contribution in [2.45, 2.75) is 12.8 Å². The topological polar surface area (TPSA) is 57.7 Å². The molecule has 0 aliphatic carbocycles. The van der Waals surface area contributed by atoms with E-state index in [-0.39, 0.29) is 23.3 Å². The zero-order valence-corrected chi connectivity index (χ0v) is 13.5. The standard InChI is InChI=1S/C16H22N2O3S/c19-16(12-14-6-11-22(20,21)13-14)18-9-7-17(8-10-18)15-4-2-1-3-5-15/h1-5,14H,6-13H2/t14-/m1/s1. The summed E-state index contributed by atoms with van der Waals surface area (Å²) in [6.07, 6.45) is 1.02. The average molecular weight is 322 g/mol. The molecule has 22 heavy (non-hydrogen) atoms. The molecule has 0 spiro atoms. The van der Waals surface area contributed by atoms with Crippen LogP contribution in [0.5, 0.6) is 0 Å². The highest BCUT2D eigenvalue weighted by atomic mass is 32.2. The first-order valence-corrected chi connectivity index (χ1v) is 9.64. The van der Waals surface area contributed by atoms with Crippen LogP contribution in [0, 0.1) is 5.92 Å². The molecule has 120 valence electrons. The lowest BCUT2D eigenvalue weighted by atomic mass is 10.0. The van der Waals surface area contributed by atoms with Crippen LogP contribution >= 0.6 is 0 Å². The Balaban J connectivity index is 1.50. The van der Waals surface area contributed by atoms with Gasteiger partial charge in [0, 0.05) is 38.3 Å². The third-order valence-electron chi connectivity index (χ3n) is 4.54. The van der Waals surface area contributed by atoms with Crippen molar-refractivity contribution in [3.8, 4) is 0 Å². The molecular formula is C16H22N2O3S. The fraction of sp³-hybridized carbons (Fsp3) is 0.562. The largest absolute Gasteiger partial charge is 0.368 e. The van der Waals surface area contributed by atoms with E-state index in [2.05, 4.69) is 17.0 Å². The van der Waals surface area contributed by atoms with Gasteiger partial charge in [-0.2, -0.15) is 0 Å². The zero-order valence-electron chi connectivity index (χ0n) is 12.6. The number of carbonyl (C=O) groups is 1. The lowest BCUT2D eigenvalue weighted by Crippen LogP contribution is -2.49. The second kappa shape index (κ2) is 6.28. The van der Waals surface area contributed by atoms with Crippen LogP contribution in [-0.2, 0) is 14.6 Å². The van der Waals surface area contributed by atoms with Gasteiger partial charge in [0.25, 0.3) is 0 Å². The number of para-hydroxylation sites is 1. The number of carbonyl (C=O) groups excluding carboxylic acids is 1. The minimum Gasteiger partial charge on any atom is -0.368 e. The summed E-state index contributed by atoms with van der Waals surface area (Å²) in [6.45, 7) is 3.10. The van der Waals surface area contributed by atoms with Crippen molar-refractivity contribution in [1.29, 1.82) is 0 Å². The molecule has 1 aromatic carbocycles. The summed E-state index contributed by atoms with van der Waals surface area (Å²) < 4.78 is 22.9. The number of rotatable bonds is 3. The van der Waals surface area contributed by atoms with Crippen molar-refractivity contribution in [3.63, 3.8) is 0 Å². The van der Waals surface area contributed by atoms with Crippen molar-refractivity contribution < 1.29 is 13.2 Å². The molecule has 1 aromatic rings. The molecule has 3 rings (SSSR count). The number of piperazine rings is 1. The summed E-state index contributed by atoms with van der Waals surface area (Å²) in [5.41, 5.74) is 1.19. The van der Waals surface area contributed by atoms with Crippen LogP contribution < -0.4 is 4.90 Å². The molecule has 0 N–H and O–H groups in total. The maximum absolute atomic E-state index is 12.3. The summed E-state index contributed by atoms with van der Waals surface area (Å²) in [4.78, 5) is 16.5. The van der Waals surface area contributed by atoms with Crippen molar-refractivity contribution in [2.24, 2.45) is 5.92 Å². The maximum atomic E-state index is 12.3. The van der Waals surface area contributed by atoms with E-state index < -0.39 is 9.84 Å². The smallest absolute Gasteiger partial charge is 0.223 e. The zero-order chi connectivity index (χ0) is 15.6. The third-order valence-corrected chi connectivity index (χ3v) is 6.38. The van der Waals surface area contributed by atoms with Gasteiger partial charge in [0.15, 0.2) is 9.84 Å². The molecule has 2 saturated heterocycles. The Kier molecular flexibility index (Phi) is 4.38. The quantitative estimate of drug-likeness (QED) is 0.838. The number of hydrogen-bond acceptors (Lipinski definition) is 4. The molecule has 2 heterocycles. The van der Waals surface area contributed by atoms with Gasteiger partial charge < -0.3 is 9.80 Å². The van der Waals surface area contributed by atoms with Gasteiger partial charge in [0.05, 0.1) is 11.5 Å². The Morgan fingerprint density at radius 3 is 2.36 bits per heavy atom. The highest BCUT2D eigenvalue weighted by molar-refractivity contribution is 7.91. The van der Waals surface area contributed by atoms with Crippen LogP contribution in [0.4, 0.5) is 5.69 Å². The predicted molar refractivity (Wildman–Crippen MR) is 86.6 cm³/mol. The van der Waals surface area contributed by atoms with Gasteiger partial charge >= 0.3 is 0 Å². The molecule has 0 saturated carbocycles.